The van der Waals surface area contributed by atoms with Crippen molar-refractivity contribution in [1.82, 2.24) is 4.98 Å². The zero-order valence-electron chi connectivity index (χ0n) is 14.7. The summed E-state index contributed by atoms with van der Waals surface area (Å²) in [6, 6.07) is 19.7. The average molecular weight is 387 g/mol. The molecule has 2 heterocycles. The first-order chi connectivity index (χ1) is 13.7. The van der Waals surface area contributed by atoms with E-state index in [4.69, 9.17) is 11.6 Å². The van der Waals surface area contributed by atoms with Crippen molar-refractivity contribution in [2.24, 2.45) is 11.8 Å². The second-order valence-electron chi connectivity index (χ2n) is 7.61. The van der Waals surface area contributed by atoms with Crippen LogP contribution in [0.3, 0.4) is 0 Å². The Labute approximate surface area is 166 Å². The summed E-state index contributed by atoms with van der Waals surface area (Å²) in [6.07, 6.45) is 1.47. The summed E-state index contributed by atoms with van der Waals surface area (Å²) in [5.41, 5.74) is 4.66. The van der Waals surface area contributed by atoms with Crippen molar-refractivity contribution in [3.63, 3.8) is 0 Å². The van der Waals surface area contributed by atoms with Crippen LogP contribution in [0, 0.1) is 11.8 Å². The summed E-state index contributed by atoms with van der Waals surface area (Å²) in [7, 11) is 0. The molecular weight excluding hydrogens is 372 g/mol. The van der Waals surface area contributed by atoms with Gasteiger partial charge in [0.25, 0.3) is 0 Å². The predicted octanol–water partition coefficient (Wildman–Crippen LogP) is 4.13. The van der Waals surface area contributed by atoms with Crippen molar-refractivity contribution in [3.8, 4) is 0 Å². The minimum Gasteiger partial charge on any atom is -0.274 e. The van der Waals surface area contributed by atoms with Gasteiger partial charge < -0.3 is 0 Å². The lowest BCUT2D eigenvalue weighted by atomic mass is 9.55. The van der Waals surface area contributed by atoms with E-state index < -0.39 is 0 Å². The maximum absolute atomic E-state index is 13.5. The van der Waals surface area contributed by atoms with Crippen LogP contribution in [0.25, 0.3) is 0 Å². The molecule has 136 valence electrons. The second-order valence-corrected chi connectivity index (χ2v) is 8.05. The van der Waals surface area contributed by atoms with E-state index in [0.29, 0.717) is 10.8 Å². The molecule has 28 heavy (non-hydrogen) atoms. The molecule has 7 rings (SSSR count). The fourth-order valence-corrected chi connectivity index (χ4v) is 5.52. The van der Waals surface area contributed by atoms with E-state index >= 15 is 0 Å². The SMILES string of the molecule is O=C1C2C3c4ccccc4C(c4ccccc43)C2C(=O)N1c1ccc(Cl)cn1. The largest absolute Gasteiger partial charge is 0.274 e. The lowest BCUT2D eigenvalue weighted by Gasteiger charge is -2.45. The Bertz CT molecular complexity index is 1040. The van der Waals surface area contributed by atoms with Crippen molar-refractivity contribution in [2.75, 3.05) is 4.90 Å². The smallest absolute Gasteiger partial charge is 0.239 e. The number of carbonyl (C=O) groups is 2. The van der Waals surface area contributed by atoms with E-state index in [1.54, 1.807) is 12.1 Å². The van der Waals surface area contributed by atoms with Gasteiger partial charge in [0.15, 0.2) is 0 Å². The zero-order chi connectivity index (χ0) is 19.0. The Balaban J connectivity index is 1.57. The molecule has 1 fully saturated rings. The minimum absolute atomic E-state index is 0.101. The van der Waals surface area contributed by atoms with Crippen LogP contribution >= 0.6 is 11.6 Å². The number of aromatic nitrogens is 1. The number of benzene rings is 2. The number of pyridine rings is 1. The van der Waals surface area contributed by atoms with Gasteiger partial charge in [0.1, 0.15) is 5.82 Å². The van der Waals surface area contributed by atoms with Gasteiger partial charge in [-0.15, -0.1) is 0 Å². The highest BCUT2D eigenvalue weighted by Gasteiger charge is 2.61. The molecule has 2 aromatic carbocycles. The van der Waals surface area contributed by atoms with Gasteiger partial charge >= 0.3 is 0 Å². The fraction of sp³-hybridized carbons (Fsp3) is 0.174. The van der Waals surface area contributed by atoms with Crippen LogP contribution in [0.4, 0.5) is 5.82 Å². The number of hydrogen-bond donors (Lipinski definition) is 0. The molecule has 1 saturated heterocycles. The first-order valence-electron chi connectivity index (χ1n) is 9.34. The normalized spacial score (nSPS) is 26.8. The fourth-order valence-electron chi connectivity index (χ4n) is 5.40. The lowest BCUT2D eigenvalue weighted by molar-refractivity contribution is -0.122. The number of halogens is 1. The second kappa shape index (κ2) is 5.52. The maximum Gasteiger partial charge on any atom is 0.239 e. The molecule has 3 aromatic rings. The Morgan fingerprint density at radius 1 is 0.714 bits per heavy atom. The maximum atomic E-state index is 13.5. The van der Waals surface area contributed by atoms with Gasteiger partial charge in [0, 0.05) is 18.0 Å². The van der Waals surface area contributed by atoms with Gasteiger partial charge in [0.2, 0.25) is 11.8 Å². The highest BCUT2D eigenvalue weighted by Crippen LogP contribution is 2.61. The molecule has 2 amide bonds. The molecule has 0 spiro atoms. The predicted molar refractivity (Wildman–Crippen MR) is 105 cm³/mol. The number of rotatable bonds is 1. The Morgan fingerprint density at radius 2 is 1.18 bits per heavy atom. The molecule has 0 radical (unpaired) electrons. The molecule has 4 aliphatic rings. The standard InChI is InChI=1S/C23H15ClN2O2/c24-12-9-10-17(25-11-12)26-22(27)20-18-13-5-1-2-6-14(13)19(21(20)23(26)28)16-8-4-3-7-15(16)18/h1-11,18-21H. The number of anilines is 1. The van der Waals surface area contributed by atoms with Crippen LogP contribution in [0.2, 0.25) is 5.02 Å². The summed E-state index contributed by atoms with van der Waals surface area (Å²) in [4.78, 5) is 32.5. The Morgan fingerprint density at radius 3 is 1.57 bits per heavy atom. The number of nitrogens with zero attached hydrogens (tertiary/aromatic N) is 2. The highest BCUT2D eigenvalue weighted by molar-refractivity contribution is 6.30. The van der Waals surface area contributed by atoms with Gasteiger partial charge in [-0.3, -0.25) is 9.59 Å². The van der Waals surface area contributed by atoms with E-state index in [9.17, 15) is 9.59 Å². The third-order valence-electron chi connectivity index (χ3n) is 6.39. The summed E-state index contributed by atoms with van der Waals surface area (Å²) >= 11 is 5.94. The zero-order valence-corrected chi connectivity index (χ0v) is 15.5. The van der Waals surface area contributed by atoms with Crippen LogP contribution in [0.15, 0.2) is 66.9 Å². The van der Waals surface area contributed by atoms with Crippen molar-refractivity contribution in [2.45, 2.75) is 11.8 Å². The van der Waals surface area contributed by atoms with E-state index in [1.807, 2.05) is 24.3 Å². The average Bonchev–Trinajstić information content (AvgIpc) is 3.00. The van der Waals surface area contributed by atoms with Crippen molar-refractivity contribution >= 4 is 29.2 Å². The quantitative estimate of drug-likeness (QED) is 0.591. The number of amides is 2. The molecular formula is C23H15ClN2O2. The molecule has 1 aliphatic heterocycles. The van der Waals surface area contributed by atoms with Crippen LogP contribution in [-0.2, 0) is 9.59 Å². The third kappa shape index (κ3) is 1.88. The molecule has 0 N–H and O–H groups in total. The first kappa shape index (κ1) is 16.0. The Kier molecular flexibility index (Phi) is 3.16. The molecule has 2 unspecified atom stereocenters. The third-order valence-corrected chi connectivity index (χ3v) is 6.61. The van der Waals surface area contributed by atoms with E-state index in [1.165, 1.54) is 33.4 Å². The monoisotopic (exact) mass is 386 g/mol. The summed E-state index contributed by atoms with van der Waals surface area (Å²) in [5, 5.41) is 0.472. The summed E-state index contributed by atoms with van der Waals surface area (Å²) in [5.74, 6) is -0.958. The van der Waals surface area contributed by atoms with Gasteiger partial charge in [-0.2, -0.15) is 0 Å². The van der Waals surface area contributed by atoms with E-state index in [-0.39, 0.29) is 35.5 Å². The van der Waals surface area contributed by atoms with Gasteiger partial charge in [0.05, 0.1) is 16.9 Å². The number of imide groups is 1. The first-order valence-corrected chi connectivity index (χ1v) is 9.71. The van der Waals surface area contributed by atoms with Crippen LogP contribution in [-0.4, -0.2) is 16.8 Å². The lowest BCUT2D eigenvalue weighted by Crippen LogP contribution is -2.41. The highest BCUT2D eigenvalue weighted by atomic mass is 35.5. The number of carbonyl (C=O) groups excluding carboxylic acids is 2. The summed E-state index contributed by atoms with van der Waals surface area (Å²) in [6.45, 7) is 0. The molecule has 4 nitrogen and oxygen atoms in total. The molecule has 3 aliphatic carbocycles. The van der Waals surface area contributed by atoms with Crippen molar-refractivity contribution < 1.29 is 9.59 Å². The molecule has 0 saturated carbocycles. The Hall–Kier alpha value is -2.98. The van der Waals surface area contributed by atoms with Crippen LogP contribution in [0.1, 0.15) is 34.1 Å². The van der Waals surface area contributed by atoms with Gasteiger partial charge in [-0.1, -0.05) is 60.1 Å². The molecule has 1 aromatic heterocycles. The van der Waals surface area contributed by atoms with Gasteiger partial charge in [-0.05, 0) is 34.4 Å². The van der Waals surface area contributed by atoms with Crippen molar-refractivity contribution in [3.05, 3.63) is 94.1 Å². The molecule has 2 atom stereocenters. The summed E-state index contributed by atoms with van der Waals surface area (Å²) < 4.78 is 0. The molecule has 5 heteroatoms. The molecule has 2 bridgehead atoms. The topological polar surface area (TPSA) is 50.3 Å². The van der Waals surface area contributed by atoms with E-state index in [2.05, 4.69) is 29.2 Å². The van der Waals surface area contributed by atoms with Crippen LogP contribution < -0.4 is 4.90 Å². The minimum atomic E-state index is -0.389. The van der Waals surface area contributed by atoms with Crippen LogP contribution in [0.5, 0.6) is 0 Å². The number of hydrogen-bond acceptors (Lipinski definition) is 3. The van der Waals surface area contributed by atoms with Gasteiger partial charge in [-0.25, -0.2) is 9.88 Å². The van der Waals surface area contributed by atoms with E-state index in [0.717, 1.165) is 0 Å². The van der Waals surface area contributed by atoms with Crippen molar-refractivity contribution in [1.29, 1.82) is 0 Å².